The summed E-state index contributed by atoms with van der Waals surface area (Å²) in [7, 11) is 0. The molecule has 0 aromatic carbocycles. The van der Waals surface area contributed by atoms with Crippen molar-refractivity contribution in [2.75, 3.05) is 38.5 Å². The fraction of sp³-hybridized carbons (Fsp3) is 0.611. The van der Waals surface area contributed by atoms with E-state index in [-0.39, 0.29) is 6.09 Å². The average Bonchev–Trinajstić information content (AvgIpc) is 3.01. The zero-order chi connectivity index (χ0) is 18.1. The minimum atomic E-state index is -0.224. The predicted octanol–water partition coefficient (Wildman–Crippen LogP) is 2.43. The quantitative estimate of drug-likeness (QED) is 0.887. The number of aryl methyl sites for hydroxylation is 2. The smallest absolute Gasteiger partial charge is 0.409 e. The lowest BCUT2D eigenvalue weighted by Gasteiger charge is -2.33. The van der Waals surface area contributed by atoms with Gasteiger partial charge < -0.3 is 15.4 Å². The molecule has 2 aliphatic rings. The van der Waals surface area contributed by atoms with Gasteiger partial charge >= 0.3 is 6.09 Å². The van der Waals surface area contributed by atoms with Crippen LogP contribution in [0.3, 0.4) is 0 Å². The van der Waals surface area contributed by atoms with Crippen LogP contribution in [0.5, 0.6) is 0 Å². The number of fused-ring (bicyclic) bond motifs is 3. The second-order valence-corrected chi connectivity index (χ2v) is 7.96. The highest BCUT2D eigenvalue weighted by Gasteiger charge is 2.24. The molecule has 3 heterocycles. The summed E-state index contributed by atoms with van der Waals surface area (Å²) in [4.78, 5) is 27.7. The number of nitrogens with two attached hydrogens (primary N) is 1. The lowest BCUT2D eigenvalue weighted by Crippen LogP contribution is -2.48. The van der Waals surface area contributed by atoms with Crippen molar-refractivity contribution in [3.63, 3.8) is 0 Å². The van der Waals surface area contributed by atoms with Crippen molar-refractivity contribution in [1.29, 1.82) is 0 Å². The van der Waals surface area contributed by atoms with Gasteiger partial charge in [-0.05, 0) is 38.2 Å². The van der Waals surface area contributed by atoms with Gasteiger partial charge in [-0.25, -0.2) is 14.8 Å². The molecule has 0 bridgehead atoms. The number of hydrogen-bond acceptors (Lipinski definition) is 7. The van der Waals surface area contributed by atoms with E-state index in [9.17, 15) is 4.79 Å². The van der Waals surface area contributed by atoms with Crippen molar-refractivity contribution in [1.82, 2.24) is 19.8 Å². The highest BCUT2D eigenvalue weighted by atomic mass is 32.1. The van der Waals surface area contributed by atoms with Gasteiger partial charge in [-0.15, -0.1) is 11.3 Å². The lowest BCUT2D eigenvalue weighted by molar-refractivity contribution is 0.0772. The molecular weight excluding hydrogens is 350 g/mol. The first-order valence-corrected chi connectivity index (χ1v) is 10.2. The largest absolute Gasteiger partial charge is 0.450 e. The second kappa shape index (κ2) is 7.36. The molecule has 0 unspecified atom stereocenters. The number of carbonyl (C=O) groups excluding carboxylic acids is 1. The second-order valence-electron chi connectivity index (χ2n) is 6.88. The van der Waals surface area contributed by atoms with Crippen molar-refractivity contribution < 1.29 is 9.53 Å². The number of anilines is 1. The monoisotopic (exact) mass is 375 g/mol. The third-order valence-electron chi connectivity index (χ3n) is 5.15. The number of amides is 1. The predicted molar refractivity (Wildman–Crippen MR) is 102 cm³/mol. The summed E-state index contributed by atoms with van der Waals surface area (Å²) < 4.78 is 5.07. The molecule has 8 heteroatoms. The zero-order valence-electron chi connectivity index (χ0n) is 15.2. The summed E-state index contributed by atoms with van der Waals surface area (Å²) in [6, 6.07) is 0. The van der Waals surface area contributed by atoms with Crippen molar-refractivity contribution >= 4 is 33.5 Å². The molecule has 1 aliphatic carbocycles. The average molecular weight is 375 g/mol. The Kier molecular flexibility index (Phi) is 4.95. The summed E-state index contributed by atoms with van der Waals surface area (Å²) >= 11 is 1.78. The van der Waals surface area contributed by atoms with Gasteiger partial charge in [-0.2, -0.15) is 0 Å². The van der Waals surface area contributed by atoms with E-state index >= 15 is 0 Å². The number of ether oxygens (including phenoxy) is 1. The Morgan fingerprint density at radius 3 is 2.73 bits per heavy atom. The minimum absolute atomic E-state index is 0.224. The van der Waals surface area contributed by atoms with Gasteiger partial charge in [0, 0.05) is 31.1 Å². The van der Waals surface area contributed by atoms with Gasteiger partial charge in [-0.1, -0.05) is 0 Å². The molecule has 26 heavy (non-hydrogen) atoms. The number of rotatable bonds is 3. The fourth-order valence-corrected chi connectivity index (χ4v) is 5.09. The maximum absolute atomic E-state index is 11.8. The zero-order valence-corrected chi connectivity index (χ0v) is 16.0. The normalized spacial score (nSPS) is 18.1. The van der Waals surface area contributed by atoms with Crippen LogP contribution in [-0.4, -0.2) is 58.6 Å². The number of aromatic nitrogens is 2. The van der Waals surface area contributed by atoms with E-state index < -0.39 is 0 Å². The molecule has 0 atom stereocenters. The van der Waals surface area contributed by atoms with Crippen LogP contribution < -0.4 is 5.73 Å². The molecule has 7 nitrogen and oxygen atoms in total. The highest BCUT2D eigenvalue weighted by molar-refractivity contribution is 7.19. The van der Waals surface area contributed by atoms with Crippen molar-refractivity contribution in [2.24, 2.45) is 0 Å². The van der Waals surface area contributed by atoms with Crippen LogP contribution in [0.25, 0.3) is 10.2 Å². The Bertz CT molecular complexity index is 814. The molecule has 4 rings (SSSR count). The van der Waals surface area contributed by atoms with Gasteiger partial charge in [0.2, 0.25) is 0 Å². The first kappa shape index (κ1) is 17.5. The van der Waals surface area contributed by atoms with Crippen LogP contribution in [0.15, 0.2) is 0 Å². The molecular formula is C18H25N5O2S. The van der Waals surface area contributed by atoms with E-state index in [4.69, 9.17) is 15.5 Å². The number of hydrogen-bond donors (Lipinski definition) is 1. The van der Waals surface area contributed by atoms with E-state index in [0.717, 1.165) is 42.0 Å². The van der Waals surface area contributed by atoms with Gasteiger partial charge in [0.15, 0.2) is 0 Å². The van der Waals surface area contributed by atoms with Crippen LogP contribution in [0.2, 0.25) is 0 Å². The summed E-state index contributed by atoms with van der Waals surface area (Å²) in [5, 5.41) is 1.08. The molecule has 2 aromatic rings. The van der Waals surface area contributed by atoms with E-state index in [0.29, 0.717) is 32.1 Å². The molecule has 140 valence electrons. The molecule has 1 amide bonds. The molecule has 0 spiro atoms. The standard InChI is InChI=1S/C18H25N5O2S/c1-2-25-18(24)23-9-7-22(8-10-23)11-14-20-16(19)15-12-5-3-4-6-13(12)26-17(15)21-14/h2-11H2,1H3,(H2,19,20,21). The van der Waals surface area contributed by atoms with E-state index in [1.807, 2.05) is 6.92 Å². The Labute approximate surface area is 157 Å². The minimum Gasteiger partial charge on any atom is -0.450 e. The molecule has 1 aliphatic heterocycles. The Hall–Kier alpha value is -1.93. The maximum atomic E-state index is 11.8. The Morgan fingerprint density at radius 1 is 1.19 bits per heavy atom. The lowest BCUT2D eigenvalue weighted by atomic mass is 9.97. The van der Waals surface area contributed by atoms with Crippen LogP contribution >= 0.6 is 11.3 Å². The van der Waals surface area contributed by atoms with E-state index in [2.05, 4.69) is 9.88 Å². The van der Waals surface area contributed by atoms with E-state index in [1.165, 1.54) is 23.3 Å². The molecule has 0 saturated carbocycles. The third-order valence-corrected chi connectivity index (χ3v) is 6.34. The van der Waals surface area contributed by atoms with Gasteiger partial charge in [0.05, 0.1) is 18.5 Å². The topological polar surface area (TPSA) is 84.6 Å². The Balaban J connectivity index is 1.46. The van der Waals surface area contributed by atoms with Gasteiger partial charge in [-0.3, -0.25) is 4.90 Å². The van der Waals surface area contributed by atoms with Crippen LogP contribution in [0, 0.1) is 0 Å². The Morgan fingerprint density at radius 2 is 1.96 bits per heavy atom. The van der Waals surface area contributed by atoms with Crippen molar-refractivity contribution in [2.45, 2.75) is 39.2 Å². The van der Waals surface area contributed by atoms with Gasteiger partial charge in [0.25, 0.3) is 0 Å². The highest BCUT2D eigenvalue weighted by Crippen LogP contribution is 2.37. The number of nitrogen functional groups attached to an aromatic ring is 1. The first-order valence-electron chi connectivity index (χ1n) is 9.36. The molecule has 2 N–H and O–H groups in total. The van der Waals surface area contributed by atoms with Crippen LogP contribution in [0.1, 0.15) is 36.0 Å². The number of thiophene rings is 1. The van der Waals surface area contributed by atoms with Crippen LogP contribution in [-0.2, 0) is 24.1 Å². The molecule has 1 saturated heterocycles. The molecule has 1 fully saturated rings. The SMILES string of the molecule is CCOC(=O)N1CCN(Cc2nc(N)c3c4c(sc3n2)CCCC4)CC1. The summed E-state index contributed by atoms with van der Waals surface area (Å²) in [5.74, 6) is 1.40. The van der Waals surface area contributed by atoms with Crippen LogP contribution in [0.4, 0.5) is 10.6 Å². The number of piperazine rings is 1. The van der Waals surface area contributed by atoms with Crippen molar-refractivity contribution in [3.8, 4) is 0 Å². The van der Waals surface area contributed by atoms with E-state index in [1.54, 1.807) is 16.2 Å². The number of nitrogens with zero attached hydrogens (tertiary/aromatic N) is 4. The summed E-state index contributed by atoms with van der Waals surface area (Å²) in [6.45, 7) is 5.83. The summed E-state index contributed by atoms with van der Waals surface area (Å²) in [6.07, 6.45) is 4.49. The fourth-order valence-electron chi connectivity index (χ4n) is 3.81. The number of carbonyl (C=O) groups is 1. The summed E-state index contributed by atoms with van der Waals surface area (Å²) in [5.41, 5.74) is 7.67. The van der Waals surface area contributed by atoms with Crippen molar-refractivity contribution in [3.05, 3.63) is 16.3 Å². The maximum Gasteiger partial charge on any atom is 0.409 e. The molecule has 2 aromatic heterocycles. The third kappa shape index (κ3) is 3.35. The first-order chi connectivity index (χ1) is 12.7. The molecule has 0 radical (unpaired) electrons. The van der Waals surface area contributed by atoms with Gasteiger partial charge in [0.1, 0.15) is 16.5 Å².